The Labute approximate surface area is 128 Å². The zero-order chi connectivity index (χ0) is 15.5. The Morgan fingerprint density at radius 2 is 2.00 bits per heavy atom. The fourth-order valence-corrected chi connectivity index (χ4v) is 2.50. The van der Waals surface area contributed by atoms with Crippen LogP contribution in [0.4, 0.5) is 5.69 Å². The molecule has 110 valence electrons. The number of benzene rings is 2. The third-order valence-electron chi connectivity index (χ3n) is 3.54. The van der Waals surface area contributed by atoms with E-state index in [2.05, 4.69) is 0 Å². The minimum Gasteiger partial charge on any atom is -0.508 e. The van der Waals surface area contributed by atoms with E-state index in [1.807, 2.05) is 36.4 Å². The molecule has 0 radical (unpaired) electrons. The fourth-order valence-electron chi connectivity index (χ4n) is 2.50. The highest BCUT2D eigenvalue weighted by atomic mass is 16.5. The molecule has 0 saturated heterocycles. The fraction of sp³-hybridized carbons (Fsp3) is 0.176. The monoisotopic (exact) mass is 294 g/mol. The standard InChI is InChI=1S/C17H14N2O3/c18-8-9-19-14-11-13(20)6-7-15(14)22-16(17(19)21)10-12-4-2-1-3-5-12/h1-7,11,16,20H,9-10H2. The Morgan fingerprint density at radius 3 is 2.73 bits per heavy atom. The second kappa shape index (κ2) is 5.78. The SMILES string of the molecule is N#CCN1C(=O)C(Cc2ccccc2)Oc2ccc(O)cc21. The van der Waals surface area contributed by atoms with Gasteiger partial charge in [0, 0.05) is 12.5 Å². The number of hydrogen-bond acceptors (Lipinski definition) is 4. The van der Waals surface area contributed by atoms with Crippen molar-refractivity contribution in [3.63, 3.8) is 0 Å². The van der Waals surface area contributed by atoms with Crippen LogP contribution in [-0.2, 0) is 11.2 Å². The van der Waals surface area contributed by atoms with Crippen LogP contribution in [0.2, 0.25) is 0 Å². The van der Waals surface area contributed by atoms with Gasteiger partial charge in [0.2, 0.25) is 0 Å². The molecule has 5 heteroatoms. The van der Waals surface area contributed by atoms with Gasteiger partial charge in [-0.1, -0.05) is 30.3 Å². The van der Waals surface area contributed by atoms with E-state index in [-0.39, 0.29) is 18.2 Å². The molecule has 2 aromatic rings. The smallest absolute Gasteiger partial charge is 0.269 e. The Kier molecular flexibility index (Phi) is 3.67. The highest BCUT2D eigenvalue weighted by molar-refractivity contribution is 6.00. The first kappa shape index (κ1) is 14.0. The van der Waals surface area contributed by atoms with Crippen molar-refractivity contribution < 1.29 is 14.6 Å². The molecule has 1 atom stereocenters. The minimum atomic E-state index is -0.673. The largest absolute Gasteiger partial charge is 0.508 e. The van der Waals surface area contributed by atoms with Crippen molar-refractivity contribution in [1.29, 1.82) is 5.26 Å². The summed E-state index contributed by atoms with van der Waals surface area (Å²) in [7, 11) is 0. The summed E-state index contributed by atoms with van der Waals surface area (Å²) in [6.45, 7) is -0.0794. The van der Waals surface area contributed by atoms with Crippen molar-refractivity contribution in [3.8, 4) is 17.6 Å². The van der Waals surface area contributed by atoms with Gasteiger partial charge in [-0.15, -0.1) is 0 Å². The van der Waals surface area contributed by atoms with E-state index in [9.17, 15) is 9.90 Å². The van der Waals surface area contributed by atoms with Crippen molar-refractivity contribution in [2.45, 2.75) is 12.5 Å². The van der Waals surface area contributed by atoms with Crippen LogP contribution >= 0.6 is 0 Å². The molecule has 1 unspecified atom stereocenters. The molecule has 0 saturated carbocycles. The van der Waals surface area contributed by atoms with Gasteiger partial charge in [-0.25, -0.2) is 0 Å². The number of rotatable bonds is 3. The summed E-state index contributed by atoms with van der Waals surface area (Å²) in [6, 6.07) is 16.1. The van der Waals surface area contributed by atoms with Gasteiger partial charge in [-0.05, 0) is 17.7 Å². The maximum absolute atomic E-state index is 12.6. The molecular formula is C17H14N2O3. The lowest BCUT2D eigenvalue weighted by molar-refractivity contribution is -0.126. The number of carbonyl (C=O) groups is 1. The molecule has 0 fully saturated rings. The van der Waals surface area contributed by atoms with Crippen molar-refractivity contribution in [1.82, 2.24) is 0 Å². The predicted octanol–water partition coefficient (Wildman–Crippen LogP) is 2.25. The van der Waals surface area contributed by atoms with Gasteiger partial charge in [0.1, 0.15) is 18.0 Å². The zero-order valence-corrected chi connectivity index (χ0v) is 11.8. The molecule has 1 heterocycles. The van der Waals surface area contributed by atoms with E-state index >= 15 is 0 Å². The second-order valence-electron chi connectivity index (χ2n) is 5.03. The van der Waals surface area contributed by atoms with Gasteiger partial charge >= 0.3 is 0 Å². The summed E-state index contributed by atoms with van der Waals surface area (Å²) < 4.78 is 5.77. The normalized spacial score (nSPS) is 16.6. The lowest BCUT2D eigenvalue weighted by Gasteiger charge is -2.33. The number of nitriles is 1. The molecule has 22 heavy (non-hydrogen) atoms. The summed E-state index contributed by atoms with van der Waals surface area (Å²) in [6.07, 6.45) is -0.241. The summed E-state index contributed by atoms with van der Waals surface area (Å²) in [5.74, 6) is 0.247. The Hall–Kier alpha value is -3.00. The van der Waals surface area contributed by atoms with Crippen LogP contribution in [0.5, 0.6) is 11.5 Å². The van der Waals surface area contributed by atoms with Gasteiger partial charge in [0.25, 0.3) is 5.91 Å². The highest BCUT2D eigenvalue weighted by Gasteiger charge is 2.34. The predicted molar refractivity (Wildman–Crippen MR) is 80.6 cm³/mol. The molecule has 0 spiro atoms. The zero-order valence-electron chi connectivity index (χ0n) is 11.8. The number of hydrogen-bond donors (Lipinski definition) is 1. The van der Waals surface area contributed by atoms with Crippen LogP contribution in [0.1, 0.15) is 5.56 Å². The summed E-state index contributed by atoms with van der Waals surface area (Å²) in [5.41, 5.74) is 1.41. The maximum atomic E-state index is 12.6. The van der Waals surface area contributed by atoms with Crippen LogP contribution in [-0.4, -0.2) is 23.7 Å². The summed E-state index contributed by atoms with van der Waals surface area (Å²) in [5, 5.41) is 18.5. The second-order valence-corrected chi connectivity index (χ2v) is 5.03. The quantitative estimate of drug-likeness (QED) is 0.881. The van der Waals surface area contributed by atoms with Crippen molar-refractivity contribution in [3.05, 3.63) is 54.1 Å². The van der Waals surface area contributed by atoms with Gasteiger partial charge in [0.05, 0.1) is 11.8 Å². The molecule has 3 rings (SSSR count). The van der Waals surface area contributed by atoms with Crippen LogP contribution in [0, 0.1) is 11.3 Å². The third-order valence-corrected chi connectivity index (χ3v) is 3.54. The van der Waals surface area contributed by atoms with Crippen LogP contribution in [0.15, 0.2) is 48.5 Å². The molecule has 1 aliphatic heterocycles. The molecular weight excluding hydrogens is 280 g/mol. The molecule has 1 amide bonds. The number of amides is 1. The number of carbonyl (C=O) groups excluding carboxylic acids is 1. The Morgan fingerprint density at radius 1 is 1.23 bits per heavy atom. The molecule has 1 aliphatic rings. The van der Waals surface area contributed by atoms with Crippen molar-refractivity contribution in [2.24, 2.45) is 0 Å². The van der Waals surface area contributed by atoms with E-state index in [0.717, 1.165) is 5.56 Å². The topological polar surface area (TPSA) is 73.6 Å². The summed E-state index contributed by atoms with van der Waals surface area (Å²) >= 11 is 0. The van der Waals surface area contributed by atoms with Gasteiger partial charge < -0.3 is 9.84 Å². The summed E-state index contributed by atoms with van der Waals surface area (Å²) in [4.78, 5) is 13.9. The lowest BCUT2D eigenvalue weighted by atomic mass is 10.0. The first-order valence-electron chi connectivity index (χ1n) is 6.91. The average Bonchev–Trinajstić information content (AvgIpc) is 2.53. The molecule has 2 aromatic carbocycles. The Balaban J connectivity index is 1.93. The van der Waals surface area contributed by atoms with E-state index in [1.54, 1.807) is 6.07 Å². The third kappa shape index (κ3) is 2.59. The number of ether oxygens (including phenoxy) is 1. The van der Waals surface area contributed by atoms with Crippen LogP contribution in [0.3, 0.4) is 0 Å². The number of phenols is 1. The Bertz CT molecular complexity index is 737. The first-order valence-corrected chi connectivity index (χ1v) is 6.91. The minimum absolute atomic E-state index is 0.0274. The van der Waals surface area contributed by atoms with E-state index in [1.165, 1.54) is 17.0 Å². The molecule has 5 nitrogen and oxygen atoms in total. The molecule has 0 bridgehead atoms. The number of fused-ring (bicyclic) bond motifs is 1. The van der Waals surface area contributed by atoms with Gasteiger partial charge in [-0.3, -0.25) is 9.69 Å². The molecule has 0 aromatic heterocycles. The van der Waals surface area contributed by atoms with E-state index < -0.39 is 6.10 Å². The van der Waals surface area contributed by atoms with E-state index in [0.29, 0.717) is 17.9 Å². The lowest BCUT2D eigenvalue weighted by Crippen LogP contribution is -2.47. The van der Waals surface area contributed by atoms with Crippen LogP contribution in [0.25, 0.3) is 0 Å². The van der Waals surface area contributed by atoms with Crippen molar-refractivity contribution >= 4 is 11.6 Å². The first-order chi connectivity index (χ1) is 10.7. The number of phenolic OH excluding ortho intramolecular Hbond substituents is 1. The molecule has 0 aliphatic carbocycles. The van der Waals surface area contributed by atoms with Gasteiger partial charge in [-0.2, -0.15) is 5.26 Å². The van der Waals surface area contributed by atoms with Gasteiger partial charge in [0.15, 0.2) is 6.10 Å². The number of nitrogens with zero attached hydrogens (tertiary/aromatic N) is 2. The average molecular weight is 294 g/mol. The maximum Gasteiger partial charge on any atom is 0.269 e. The van der Waals surface area contributed by atoms with Crippen molar-refractivity contribution in [2.75, 3.05) is 11.4 Å². The van der Waals surface area contributed by atoms with E-state index in [4.69, 9.17) is 10.00 Å². The highest BCUT2D eigenvalue weighted by Crippen LogP contribution is 2.37. The van der Waals surface area contributed by atoms with Crippen LogP contribution < -0.4 is 9.64 Å². The molecule has 1 N–H and O–H groups in total. The number of aromatic hydroxyl groups is 1. The number of anilines is 1.